The Morgan fingerprint density at radius 1 is 1.17 bits per heavy atom. The van der Waals surface area contributed by atoms with Crippen molar-refractivity contribution in [2.75, 3.05) is 11.9 Å². The van der Waals surface area contributed by atoms with E-state index in [1.807, 2.05) is 55.5 Å². The monoisotopic (exact) mass is 453 g/mol. The van der Waals surface area contributed by atoms with Gasteiger partial charge in [-0.1, -0.05) is 60.0 Å². The highest BCUT2D eigenvalue weighted by Gasteiger charge is 2.34. The molecule has 1 N–H and O–H groups in total. The van der Waals surface area contributed by atoms with Crippen LogP contribution < -0.4 is 5.32 Å². The Morgan fingerprint density at radius 2 is 1.93 bits per heavy atom. The predicted octanol–water partition coefficient (Wildman–Crippen LogP) is 5.82. The van der Waals surface area contributed by atoms with Crippen LogP contribution in [0, 0.1) is 0 Å². The first-order valence-electron chi connectivity index (χ1n) is 9.97. The van der Waals surface area contributed by atoms with Gasteiger partial charge in [-0.05, 0) is 43.2 Å². The van der Waals surface area contributed by atoms with E-state index in [4.69, 9.17) is 9.72 Å². The maximum absolute atomic E-state index is 13.1. The van der Waals surface area contributed by atoms with E-state index in [1.165, 1.54) is 0 Å². The maximum Gasteiger partial charge on any atom is 0.338 e. The lowest BCUT2D eigenvalue weighted by molar-refractivity contribution is -0.139. The van der Waals surface area contributed by atoms with Crippen LogP contribution in [-0.4, -0.2) is 22.1 Å². The number of nitrogens with one attached hydrogen (secondary N) is 1. The molecule has 0 amide bonds. The summed E-state index contributed by atoms with van der Waals surface area (Å²) < 4.78 is 8.74. The van der Waals surface area contributed by atoms with Crippen molar-refractivity contribution in [2.45, 2.75) is 39.2 Å². The third-order valence-corrected chi connectivity index (χ3v) is 5.75. The fourth-order valence-electron chi connectivity index (χ4n) is 3.78. The molecule has 4 rings (SSSR count). The van der Waals surface area contributed by atoms with Crippen molar-refractivity contribution >= 4 is 38.9 Å². The van der Waals surface area contributed by atoms with Crippen LogP contribution in [0.3, 0.4) is 0 Å². The number of nitrogens with zero attached hydrogens (tertiary/aromatic N) is 2. The zero-order valence-corrected chi connectivity index (χ0v) is 18.2. The molecule has 0 saturated carbocycles. The molecule has 3 aromatic rings. The molecule has 0 bridgehead atoms. The first-order valence-corrected chi connectivity index (χ1v) is 10.8. The van der Waals surface area contributed by atoms with Crippen LogP contribution in [0.4, 0.5) is 5.95 Å². The third kappa shape index (κ3) is 3.81. The van der Waals surface area contributed by atoms with Crippen LogP contribution in [0.2, 0.25) is 0 Å². The molecule has 0 radical (unpaired) electrons. The molecule has 1 aliphatic rings. The van der Waals surface area contributed by atoms with E-state index in [-0.39, 0.29) is 12.0 Å². The van der Waals surface area contributed by atoms with E-state index in [0.29, 0.717) is 12.2 Å². The number of ether oxygens (including phenoxy) is 1. The predicted molar refractivity (Wildman–Crippen MR) is 119 cm³/mol. The average Bonchev–Trinajstić information content (AvgIpc) is 3.08. The van der Waals surface area contributed by atoms with Crippen molar-refractivity contribution in [1.82, 2.24) is 9.55 Å². The van der Waals surface area contributed by atoms with Crippen molar-refractivity contribution in [1.29, 1.82) is 0 Å². The molecule has 29 heavy (non-hydrogen) atoms. The molecule has 0 fully saturated rings. The number of rotatable bonds is 6. The molecule has 2 heterocycles. The number of aromatic nitrogens is 2. The number of allylic oxidation sites excluding steroid dienone is 1. The minimum atomic E-state index is -0.301. The average molecular weight is 454 g/mol. The quantitative estimate of drug-likeness (QED) is 0.377. The van der Waals surface area contributed by atoms with E-state index in [9.17, 15) is 4.79 Å². The van der Waals surface area contributed by atoms with Crippen molar-refractivity contribution in [3.05, 3.63) is 69.8 Å². The van der Waals surface area contributed by atoms with Crippen LogP contribution in [0.25, 0.3) is 11.0 Å². The Balaban J connectivity index is 1.80. The number of benzene rings is 2. The zero-order chi connectivity index (χ0) is 20.4. The van der Waals surface area contributed by atoms with E-state index in [0.717, 1.165) is 52.0 Å². The molecular formula is C23H24BrN3O2. The number of fused-ring (bicyclic) bond motifs is 3. The normalized spacial score (nSPS) is 15.9. The van der Waals surface area contributed by atoms with E-state index in [2.05, 4.69) is 32.7 Å². The summed E-state index contributed by atoms with van der Waals surface area (Å²) in [6, 6.07) is 15.7. The Kier molecular flexibility index (Phi) is 5.72. The van der Waals surface area contributed by atoms with Crippen LogP contribution in [0.1, 0.15) is 44.7 Å². The minimum Gasteiger partial charge on any atom is -0.462 e. The summed E-state index contributed by atoms with van der Waals surface area (Å²) >= 11 is 3.50. The maximum atomic E-state index is 13.1. The van der Waals surface area contributed by atoms with Gasteiger partial charge >= 0.3 is 5.97 Å². The second-order valence-corrected chi connectivity index (χ2v) is 8.17. The summed E-state index contributed by atoms with van der Waals surface area (Å²) in [5.74, 6) is 0.460. The molecule has 150 valence electrons. The Bertz CT molecular complexity index is 1070. The SMILES string of the molecule is CCCCCOC(=O)C1=C(C)Nc2nc3ccccc3n2[C@@H]1c1ccc(Br)cc1. The Hall–Kier alpha value is -2.60. The van der Waals surface area contributed by atoms with Gasteiger partial charge in [0, 0.05) is 10.2 Å². The zero-order valence-electron chi connectivity index (χ0n) is 16.6. The molecule has 1 atom stereocenters. The lowest BCUT2D eigenvalue weighted by Crippen LogP contribution is -2.29. The Morgan fingerprint density at radius 3 is 2.69 bits per heavy atom. The van der Waals surface area contributed by atoms with Gasteiger partial charge in [-0.15, -0.1) is 0 Å². The number of imidazole rings is 1. The summed E-state index contributed by atoms with van der Waals surface area (Å²) in [5, 5.41) is 3.31. The summed E-state index contributed by atoms with van der Waals surface area (Å²) in [4.78, 5) is 17.9. The van der Waals surface area contributed by atoms with Gasteiger partial charge in [0.05, 0.1) is 29.3 Å². The van der Waals surface area contributed by atoms with Crippen molar-refractivity contribution in [3.63, 3.8) is 0 Å². The number of halogens is 1. The minimum absolute atomic E-state index is 0.276. The summed E-state index contributed by atoms with van der Waals surface area (Å²) in [5.41, 5.74) is 4.29. The summed E-state index contributed by atoms with van der Waals surface area (Å²) in [6.45, 7) is 4.49. The highest BCUT2D eigenvalue weighted by Crippen LogP contribution is 2.39. The molecule has 1 aromatic heterocycles. The standard InChI is InChI=1S/C23H24BrN3O2/c1-3-4-7-14-29-22(28)20-15(2)25-23-26-18-8-5-6-9-19(18)27(23)21(20)16-10-12-17(24)13-11-16/h5-6,8-13,21H,3-4,7,14H2,1-2H3,(H,25,26)/t21-/m1/s1. The fraction of sp³-hybridized carbons (Fsp3) is 0.304. The molecule has 1 aliphatic heterocycles. The summed E-state index contributed by atoms with van der Waals surface area (Å²) in [7, 11) is 0. The van der Waals surface area contributed by atoms with Crippen LogP contribution in [-0.2, 0) is 9.53 Å². The topological polar surface area (TPSA) is 56.1 Å². The highest BCUT2D eigenvalue weighted by molar-refractivity contribution is 9.10. The van der Waals surface area contributed by atoms with Crippen molar-refractivity contribution < 1.29 is 9.53 Å². The smallest absolute Gasteiger partial charge is 0.338 e. The lowest BCUT2D eigenvalue weighted by atomic mass is 9.95. The van der Waals surface area contributed by atoms with E-state index >= 15 is 0 Å². The highest BCUT2D eigenvalue weighted by atomic mass is 79.9. The van der Waals surface area contributed by atoms with Gasteiger partial charge in [0.15, 0.2) is 0 Å². The van der Waals surface area contributed by atoms with Gasteiger partial charge < -0.3 is 10.1 Å². The first kappa shape index (κ1) is 19.7. The molecule has 0 saturated heterocycles. The van der Waals surface area contributed by atoms with Gasteiger partial charge in [-0.3, -0.25) is 4.57 Å². The molecule has 2 aromatic carbocycles. The molecule has 5 nitrogen and oxygen atoms in total. The Labute approximate surface area is 178 Å². The van der Waals surface area contributed by atoms with Crippen molar-refractivity contribution in [2.24, 2.45) is 0 Å². The van der Waals surface area contributed by atoms with Gasteiger partial charge in [0.25, 0.3) is 0 Å². The number of unbranched alkanes of at least 4 members (excludes halogenated alkanes) is 2. The molecule has 6 heteroatoms. The lowest BCUT2D eigenvalue weighted by Gasteiger charge is -2.30. The third-order valence-electron chi connectivity index (χ3n) is 5.22. The second-order valence-electron chi connectivity index (χ2n) is 7.25. The second kappa shape index (κ2) is 8.41. The largest absolute Gasteiger partial charge is 0.462 e. The van der Waals surface area contributed by atoms with Crippen LogP contribution in [0.5, 0.6) is 0 Å². The fourth-order valence-corrected chi connectivity index (χ4v) is 4.05. The molecular weight excluding hydrogens is 430 g/mol. The van der Waals surface area contributed by atoms with E-state index < -0.39 is 0 Å². The number of hydrogen-bond donors (Lipinski definition) is 1. The summed E-state index contributed by atoms with van der Waals surface area (Å²) in [6.07, 6.45) is 3.02. The molecule has 0 spiro atoms. The van der Waals surface area contributed by atoms with Gasteiger partial charge in [-0.2, -0.15) is 0 Å². The first-order chi connectivity index (χ1) is 14.1. The number of carbonyl (C=O) groups is 1. The number of carbonyl (C=O) groups excluding carboxylic acids is 1. The van der Waals surface area contributed by atoms with Gasteiger partial charge in [0.1, 0.15) is 0 Å². The van der Waals surface area contributed by atoms with Gasteiger partial charge in [0.2, 0.25) is 5.95 Å². The number of anilines is 1. The molecule has 0 aliphatic carbocycles. The van der Waals surface area contributed by atoms with Crippen molar-refractivity contribution in [3.8, 4) is 0 Å². The number of hydrogen-bond acceptors (Lipinski definition) is 4. The number of esters is 1. The van der Waals surface area contributed by atoms with Gasteiger partial charge in [-0.25, -0.2) is 9.78 Å². The van der Waals surface area contributed by atoms with Crippen LogP contribution >= 0.6 is 15.9 Å². The van der Waals surface area contributed by atoms with Crippen LogP contribution in [0.15, 0.2) is 64.3 Å². The van der Waals surface area contributed by atoms with E-state index in [1.54, 1.807) is 0 Å². The molecule has 0 unspecified atom stereocenters. The number of para-hydroxylation sites is 2.